The largest absolute Gasteiger partial charge is 0.418 e. The molecule has 1 N–H and O–H groups in total. The summed E-state index contributed by atoms with van der Waals surface area (Å²) >= 11 is 0. The fourth-order valence-electron chi connectivity index (χ4n) is 2.86. The minimum atomic E-state index is -4.64. The monoisotopic (exact) mass is 395 g/mol. The number of carbonyl (C=O) groups excluding carboxylic acids is 1. The number of nitrogens with zero attached hydrogens (tertiary/aromatic N) is 4. The van der Waals surface area contributed by atoms with Crippen molar-refractivity contribution < 1.29 is 18.0 Å². The molecule has 148 valence electrons. The van der Waals surface area contributed by atoms with E-state index in [0.717, 1.165) is 21.3 Å². The lowest BCUT2D eigenvalue weighted by Crippen LogP contribution is -2.38. The Balaban J connectivity index is 2.03. The van der Waals surface area contributed by atoms with E-state index in [0.29, 0.717) is 0 Å². The number of nitrogens with one attached hydrogen (secondary N) is 1. The number of aryl methyl sites for hydroxylation is 1. The Kier molecular flexibility index (Phi) is 4.61. The van der Waals surface area contributed by atoms with Gasteiger partial charge in [-0.3, -0.25) is 18.7 Å². The predicted octanol–water partition coefficient (Wildman–Crippen LogP) is 1.65. The van der Waals surface area contributed by atoms with Crippen molar-refractivity contribution in [1.29, 1.82) is 0 Å². The molecule has 1 unspecified atom stereocenters. The zero-order chi connectivity index (χ0) is 20.8. The van der Waals surface area contributed by atoms with Gasteiger partial charge in [-0.25, -0.2) is 9.78 Å². The number of para-hydroxylation sites is 1. The number of alkyl halides is 3. The van der Waals surface area contributed by atoms with E-state index in [-0.39, 0.29) is 11.2 Å². The number of aromatic nitrogens is 4. The minimum Gasteiger partial charge on any atom is -0.324 e. The molecule has 2 aromatic heterocycles. The van der Waals surface area contributed by atoms with Crippen molar-refractivity contribution in [2.45, 2.75) is 19.1 Å². The van der Waals surface area contributed by atoms with E-state index in [1.54, 1.807) is 0 Å². The normalized spacial score (nSPS) is 12.9. The maximum absolute atomic E-state index is 13.1. The van der Waals surface area contributed by atoms with Crippen LogP contribution in [0.25, 0.3) is 11.2 Å². The molecule has 1 aromatic carbocycles. The van der Waals surface area contributed by atoms with Crippen LogP contribution in [0.1, 0.15) is 18.5 Å². The van der Waals surface area contributed by atoms with Crippen molar-refractivity contribution in [1.82, 2.24) is 18.7 Å². The summed E-state index contributed by atoms with van der Waals surface area (Å²) in [4.78, 5) is 41.0. The number of fused-ring (bicyclic) bond motifs is 1. The third kappa shape index (κ3) is 3.08. The number of hydrogen-bond donors (Lipinski definition) is 1. The van der Waals surface area contributed by atoms with Crippen LogP contribution < -0.4 is 16.6 Å². The zero-order valence-corrected chi connectivity index (χ0v) is 15.1. The van der Waals surface area contributed by atoms with Crippen molar-refractivity contribution in [3.63, 3.8) is 0 Å². The van der Waals surface area contributed by atoms with Crippen LogP contribution in [0, 0.1) is 0 Å². The molecular weight excluding hydrogens is 379 g/mol. The second kappa shape index (κ2) is 6.66. The molecule has 2 heterocycles. The quantitative estimate of drug-likeness (QED) is 0.730. The van der Waals surface area contributed by atoms with Gasteiger partial charge < -0.3 is 9.88 Å². The highest BCUT2D eigenvalue weighted by Gasteiger charge is 2.34. The predicted molar refractivity (Wildman–Crippen MR) is 95.0 cm³/mol. The Bertz CT molecular complexity index is 1190. The molecule has 0 spiro atoms. The van der Waals surface area contributed by atoms with E-state index >= 15 is 0 Å². The number of anilines is 1. The molecule has 0 fully saturated rings. The third-order valence-electron chi connectivity index (χ3n) is 4.46. The number of imidazole rings is 1. The van der Waals surface area contributed by atoms with Gasteiger partial charge in [-0.15, -0.1) is 0 Å². The second-order valence-electron chi connectivity index (χ2n) is 6.24. The van der Waals surface area contributed by atoms with Gasteiger partial charge in [-0.1, -0.05) is 12.1 Å². The van der Waals surface area contributed by atoms with Crippen LogP contribution in [0.15, 0.2) is 40.2 Å². The third-order valence-corrected chi connectivity index (χ3v) is 4.46. The number of rotatable bonds is 3. The summed E-state index contributed by atoms with van der Waals surface area (Å²) in [5, 5.41) is 2.24. The first-order valence-corrected chi connectivity index (χ1v) is 8.13. The molecule has 0 saturated carbocycles. The first kappa shape index (κ1) is 19.4. The zero-order valence-electron chi connectivity index (χ0n) is 15.1. The average molecular weight is 395 g/mol. The van der Waals surface area contributed by atoms with E-state index in [1.165, 1.54) is 44.0 Å². The molecule has 0 radical (unpaired) electrons. The molecule has 11 heteroatoms. The Hall–Kier alpha value is -3.37. The SMILES string of the molecule is CC(C(=O)Nc1ccccc1C(F)(F)F)n1cnc2c1c(=O)n(C)c(=O)n2C. The van der Waals surface area contributed by atoms with E-state index in [4.69, 9.17) is 0 Å². The van der Waals surface area contributed by atoms with Crippen molar-refractivity contribution in [3.8, 4) is 0 Å². The summed E-state index contributed by atoms with van der Waals surface area (Å²) in [5.74, 6) is -0.771. The summed E-state index contributed by atoms with van der Waals surface area (Å²) in [5.41, 5.74) is -2.55. The Labute approximate surface area is 155 Å². The van der Waals surface area contributed by atoms with Crippen molar-refractivity contribution in [3.05, 3.63) is 57.0 Å². The van der Waals surface area contributed by atoms with Crippen LogP contribution in [-0.4, -0.2) is 24.6 Å². The molecule has 1 amide bonds. The Morgan fingerprint density at radius 3 is 2.43 bits per heavy atom. The minimum absolute atomic E-state index is 0.00337. The second-order valence-corrected chi connectivity index (χ2v) is 6.24. The molecule has 0 aliphatic heterocycles. The lowest BCUT2D eigenvalue weighted by atomic mass is 10.1. The highest BCUT2D eigenvalue weighted by atomic mass is 19.4. The summed E-state index contributed by atoms with van der Waals surface area (Å²) < 4.78 is 42.6. The van der Waals surface area contributed by atoms with Gasteiger partial charge in [0.05, 0.1) is 17.6 Å². The summed E-state index contributed by atoms with van der Waals surface area (Å²) in [6.07, 6.45) is -3.44. The molecule has 8 nitrogen and oxygen atoms in total. The first-order valence-electron chi connectivity index (χ1n) is 8.13. The lowest BCUT2D eigenvalue weighted by molar-refractivity contribution is -0.137. The summed E-state index contributed by atoms with van der Waals surface area (Å²) in [6.45, 7) is 1.41. The molecule has 0 bridgehead atoms. The van der Waals surface area contributed by atoms with Gasteiger partial charge in [0.25, 0.3) is 5.56 Å². The first-order chi connectivity index (χ1) is 13.0. The van der Waals surface area contributed by atoms with Crippen molar-refractivity contribution >= 4 is 22.8 Å². The molecule has 0 aliphatic rings. The smallest absolute Gasteiger partial charge is 0.324 e. The Morgan fingerprint density at radius 2 is 1.79 bits per heavy atom. The van der Waals surface area contributed by atoms with Gasteiger partial charge in [0, 0.05) is 14.1 Å². The summed E-state index contributed by atoms with van der Waals surface area (Å²) in [6, 6.07) is 3.53. The van der Waals surface area contributed by atoms with Crippen LogP contribution in [0.5, 0.6) is 0 Å². The fraction of sp³-hybridized carbons (Fsp3) is 0.294. The number of carbonyl (C=O) groups is 1. The number of amides is 1. The molecule has 28 heavy (non-hydrogen) atoms. The highest BCUT2D eigenvalue weighted by Crippen LogP contribution is 2.34. The van der Waals surface area contributed by atoms with Gasteiger partial charge in [-0.05, 0) is 19.1 Å². The summed E-state index contributed by atoms with van der Waals surface area (Å²) in [7, 11) is 2.71. The van der Waals surface area contributed by atoms with Gasteiger partial charge in [0.15, 0.2) is 11.2 Å². The average Bonchev–Trinajstić information content (AvgIpc) is 3.08. The molecule has 0 saturated heterocycles. The van der Waals surface area contributed by atoms with E-state index in [9.17, 15) is 27.6 Å². The van der Waals surface area contributed by atoms with Crippen LogP contribution >= 0.6 is 0 Å². The van der Waals surface area contributed by atoms with Gasteiger partial charge in [0.2, 0.25) is 5.91 Å². The van der Waals surface area contributed by atoms with E-state index < -0.39 is 40.6 Å². The van der Waals surface area contributed by atoms with Crippen LogP contribution in [0.4, 0.5) is 18.9 Å². The standard InChI is InChI=1S/C17H16F3N5O3/c1-9(14(26)22-11-7-5-4-6-10(11)17(18,19)20)25-8-21-13-12(25)15(27)24(3)16(28)23(13)2/h4-9H,1-3H3,(H,22,26). The van der Waals surface area contributed by atoms with E-state index in [1.807, 2.05) is 0 Å². The van der Waals surface area contributed by atoms with Crippen molar-refractivity contribution in [2.24, 2.45) is 14.1 Å². The highest BCUT2D eigenvalue weighted by molar-refractivity contribution is 5.95. The van der Waals surface area contributed by atoms with E-state index in [2.05, 4.69) is 10.3 Å². The molecular formula is C17H16F3N5O3. The topological polar surface area (TPSA) is 90.9 Å². The Morgan fingerprint density at radius 1 is 1.14 bits per heavy atom. The molecule has 3 aromatic rings. The number of benzene rings is 1. The van der Waals surface area contributed by atoms with Gasteiger partial charge in [-0.2, -0.15) is 13.2 Å². The molecule has 3 rings (SSSR count). The fourth-order valence-corrected chi connectivity index (χ4v) is 2.86. The van der Waals surface area contributed by atoms with Crippen LogP contribution in [-0.2, 0) is 25.1 Å². The van der Waals surface area contributed by atoms with Gasteiger partial charge >= 0.3 is 11.9 Å². The van der Waals surface area contributed by atoms with Gasteiger partial charge in [0.1, 0.15) is 6.04 Å². The maximum atomic E-state index is 13.1. The number of halogens is 3. The van der Waals surface area contributed by atoms with Crippen LogP contribution in [0.2, 0.25) is 0 Å². The maximum Gasteiger partial charge on any atom is 0.418 e. The molecule has 0 aliphatic carbocycles. The number of hydrogen-bond acceptors (Lipinski definition) is 4. The lowest BCUT2D eigenvalue weighted by Gasteiger charge is -2.17. The van der Waals surface area contributed by atoms with Crippen molar-refractivity contribution in [2.75, 3.05) is 5.32 Å². The molecule has 1 atom stereocenters. The van der Waals surface area contributed by atoms with Crippen LogP contribution in [0.3, 0.4) is 0 Å².